The van der Waals surface area contributed by atoms with Crippen LogP contribution in [-0.4, -0.2) is 24.7 Å². The van der Waals surface area contributed by atoms with Gasteiger partial charge < -0.3 is 4.90 Å². The van der Waals surface area contributed by atoms with Crippen molar-refractivity contribution in [2.45, 2.75) is 0 Å². The van der Waals surface area contributed by atoms with Gasteiger partial charge in [-0.3, -0.25) is 9.59 Å². The van der Waals surface area contributed by atoms with E-state index in [1.165, 1.54) is 18.2 Å². The fraction of sp³-hybridized carbons (Fsp3) is 0.111. The summed E-state index contributed by atoms with van der Waals surface area (Å²) in [4.78, 5) is 25.7. The van der Waals surface area contributed by atoms with Crippen molar-refractivity contribution in [2.24, 2.45) is 0 Å². The van der Waals surface area contributed by atoms with Crippen molar-refractivity contribution in [1.29, 1.82) is 0 Å². The Hall–Kier alpha value is -2.68. The average Bonchev–Trinajstić information content (AvgIpc) is 2.49. The van der Waals surface area contributed by atoms with E-state index in [1.807, 2.05) is 29.2 Å². The van der Waals surface area contributed by atoms with Crippen LogP contribution in [0.4, 0.5) is 5.69 Å². The standard InChI is InChI=1S/C18H17NO2/c1-3-11-19(12-4-2)17-8-6-5-7-15(17)16-13-14(20)9-10-18(16)21/h3-10,13H,1-2,11-12H2. The molecule has 1 aliphatic rings. The van der Waals surface area contributed by atoms with Gasteiger partial charge in [0.05, 0.1) is 0 Å². The van der Waals surface area contributed by atoms with Gasteiger partial charge >= 0.3 is 0 Å². The molecule has 0 radical (unpaired) electrons. The van der Waals surface area contributed by atoms with Crippen LogP contribution in [0.15, 0.2) is 67.8 Å². The zero-order valence-electron chi connectivity index (χ0n) is 11.8. The average molecular weight is 279 g/mol. The smallest absolute Gasteiger partial charge is 0.186 e. The number of para-hydroxylation sites is 1. The number of hydrogen-bond donors (Lipinski definition) is 0. The minimum atomic E-state index is -0.168. The lowest BCUT2D eigenvalue weighted by atomic mass is 9.94. The fourth-order valence-electron chi connectivity index (χ4n) is 2.28. The molecule has 0 amide bonds. The molecule has 0 aliphatic heterocycles. The van der Waals surface area contributed by atoms with E-state index in [2.05, 4.69) is 13.2 Å². The van der Waals surface area contributed by atoms with Gasteiger partial charge in [0.2, 0.25) is 0 Å². The van der Waals surface area contributed by atoms with Crippen LogP contribution in [0.25, 0.3) is 5.57 Å². The molecular weight excluding hydrogens is 262 g/mol. The first-order valence-corrected chi connectivity index (χ1v) is 6.71. The predicted molar refractivity (Wildman–Crippen MR) is 86.2 cm³/mol. The van der Waals surface area contributed by atoms with Crippen molar-refractivity contribution < 1.29 is 9.59 Å². The van der Waals surface area contributed by atoms with E-state index < -0.39 is 0 Å². The minimum absolute atomic E-state index is 0.154. The number of anilines is 1. The Bertz CT molecular complexity index is 643. The summed E-state index contributed by atoms with van der Waals surface area (Å²) >= 11 is 0. The SMILES string of the molecule is C=CCN(CC=C)c1ccccc1C1=CC(=O)C=CC1=O. The molecule has 3 nitrogen and oxygen atoms in total. The Morgan fingerprint density at radius 2 is 1.67 bits per heavy atom. The van der Waals surface area contributed by atoms with Gasteiger partial charge in [-0.1, -0.05) is 30.4 Å². The molecule has 1 aromatic carbocycles. The molecule has 2 rings (SSSR count). The molecular formula is C18H17NO2. The number of hydrogen-bond acceptors (Lipinski definition) is 3. The summed E-state index contributed by atoms with van der Waals surface area (Å²) in [5, 5.41) is 0. The molecule has 0 heterocycles. The molecule has 0 bridgehead atoms. The second-order valence-electron chi connectivity index (χ2n) is 4.66. The summed E-state index contributed by atoms with van der Waals surface area (Å²) in [6.07, 6.45) is 7.59. The molecule has 1 aromatic rings. The van der Waals surface area contributed by atoms with E-state index in [4.69, 9.17) is 0 Å². The van der Waals surface area contributed by atoms with Crippen LogP contribution in [0, 0.1) is 0 Å². The summed E-state index contributed by atoms with van der Waals surface area (Å²) in [7, 11) is 0. The van der Waals surface area contributed by atoms with E-state index in [0.29, 0.717) is 18.7 Å². The first-order valence-electron chi connectivity index (χ1n) is 6.71. The largest absolute Gasteiger partial charge is 0.364 e. The van der Waals surface area contributed by atoms with Gasteiger partial charge in [-0.05, 0) is 24.3 Å². The molecule has 0 aromatic heterocycles. The number of rotatable bonds is 6. The first-order chi connectivity index (χ1) is 10.2. The number of ketones is 2. The number of carbonyl (C=O) groups is 2. The van der Waals surface area contributed by atoms with E-state index in [-0.39, 0.29) is 11.6 Å². The van der Waals surface area contributed by atoms with E-state index in [1.54, 1.807) is 12.2 Å². The molecule has 0 fully saturated rings. The normalized spacial score (nSPS) is 13.8. The molecule has 106 valence electrons. The molecule has 0 saturated heterocycles. The molecule has 0 spiro atoms. The zero-order chi connectivity index (χ0) is 15.2. The second-order valence-corrected chi connectivity index (χ2v) is 4.66. The van der Waals surface area contributed by atoms with Crippen molar-refractivity contribution in [1.82, 2.24) is 0 Å². The van der Waals surface area contributed by atoms with Crippen LogP contribution >= 0.6 is 0 Å². The number of nitrogens with zero attached hydrogens (tertiary/aromatic N) is 1. The molecule has 0 atom stereocenters. The lowest BCUT2D eigenvalue weighted by Crippen LogP contribution is -2.24. The summed E-state index contributed by atoms with van der Waals surface area (Å²) in [6.45, 7) is 8.78. The highest BCUT2D eigenvalue weighted by molar-refractivity contribution is 6.34. The topological polar surface area (TPSA) is 37.4 Å². The molecule has 1 aliphatic carbocycles. The van der Waals surface area contributed by atoms with Crippen molar-refractivity contribution in [3.8, 4) is 0 Å². The highest BCUT2D eigenvalue weighted by atomic mass is 16.1. The van der Waals surface area contributed by atoms with Gasteiger partial charge in [-0.25, -0.2) is 0 Å². The highest BCUT2D eigenvalue weighted by Crippen LogP contribution is 2.29. The summed E-state index contributed by atoms with van der Waals surface area (Å²) in [5.41, 5.74) is 2.07. The van der Waals surface area contributed by atoms with Crippen LogP contribution in [0.3, 0.4) is 0 Å². The predicted octanol–water partition coefficient (Wildman–Crippen LogP) is 2.96. The number of allylic oxidation sites excluding steroid dienone is 4. The lowest BCUT2D eigenvalue weighted by Gasteiger charge is -2.25. The van der Waals surface area contributed by atoms with E-state index in [9.17, 15) is 9.59 Å². The molecule has 3 heteroatoms. The van der Waals surface area contributed by atoms with Crippen molar-refractivity contribution in [3.63, 3.8) is 0 Å². The van der Waals surface area contributed by atoms with Crippen molar-refractivity contribution in [2.75, 3.05) is 18.0 Å². The molecule has 0 N–H and O–H groups in total. The van der Waals surface area contributed by atoms with E-state index in [0.717, 1.165) is 11.3 Å². The van der Waals surface area contributed by atoms with Gasteiger partial charge in [0, 0.05) is 29.9 Å². The Morgan fingerprint density at radius 3 is 2.33 bits per heavy atom. The van der Waals surface area contributed by atoms with Crippen LogP contribution in [0.1, 0.15) is 5.56 Å². The first kappa shape index (κ1) is 14.7. The van der Waals surface area contributed by atoms with Crippen LogP contribution < -0.4 is 4.90 Å². The third kappa shape index (κ3) is 3.26. The maximum absolute atomic E-state index is 12.1. The van der Waals surface area contributed by atoms with Crippen LogP contribution in [0.5, 0.6) is 0 Å². The number of benzene rings is 1. The van der Waals surface area contributed by atoms with Crippen molar-refractivity contribution >= 4 is 22.8 Å². The van der Waals surface area contributed by atoms with Crippen LogP contribution in [0.2, 0.25) is 0 Å². The van der Waals surface area contributed by atoms with Crippen molar-refractivity contribution in [3.05, 3.63) is 73.4 Å². The quantitative estimate of drug-likeness (QED) is 0.593. The maximum atomic E-state index is 12.1. The van der Waals surface area contributed by atoms with Crippen LogP contribution in [-0.2, 0) is 9.59 Å². The highest BCUT2D eigenvalue weighted by Gasteiger charge is 2.19. The molecule has 21 heavy (non-hydrogen) atoms. The summed E-state index contributed by atoms with van der Waals surface area (Å²) in [5.74, 6) is -0.322. The fourth-order valence-corrected chi connectivity index (χ4v) is 2.28. The summed E-state index contributed by atoms with van der Waals surface area (Å²) in [6, 6.07) is 7.54. The molecule has 0 unspecified atom stereocenters. The maximum Gasteiger partial charge on any atom is 0.186 e. The van der Waals surface area contributed by atoms with Gasteiger partial charge in [-0.15, -0.1) is 13.2 Å². The zero-order valence-corrected chi connectivity index (χ0v) is 11.8. The second kappa shape index (κ2) is 6.66. The third-order valence-electron chi connectivity index (χ3n) is 3.18. The Labute approximate surface area is 124 Å². The monoisotopic (exact) mass is 279 g/mol. The van der Waals surface area contributed by atoms with Gasteiger partial charge in [-0.2, -0.15) is 0 Å². The Balaban J connectivity index is 2.50. The lowest BCUT2D eigenvalue weighted by molar-refractivity contribution is -0.113. The summed E-state index contributed by atoms with van der Waals surface area (Å²) < 4.78 is 0. The Kier molecular flexibility index (Phi) is 4.67. The van der Waals surface area contributed by atoms with Gasteiger partial charge in [0.1, 0.15) is 0 Å². The number of carbonyl (C=O) groups excluding carboxylic acids is 2. The molecule has 0 saturated carbocycles. The van der Waals surface area contributed by atoms with Gasteiger partial charge in [0.25, 0.3) is 0 Å². The minimum Gasteiger partial charge on any atom is -0.364 e. The van der Waals surface area contributed by atoms with Gasteiger partial charge in [0.15, 0.2) is 11.6 Å². The Morgan fingerprint density at radius 1 is 1.00 bits per heavy atom. The third-order valence-corrected chi connectivity index (χ3v) is 3.18. The van der Waals surface area contributed by atoms with E-state index >= 15 is 0 Å².